The Labute approximate surface area is 149 Å². The van der Waals surface area contributed by atoms with Gasteiger partial charge in [0.15, 0.2) is 0 Å². The number of hydrogen-bond acceptors (Lipinski definition) is 3. The Hall–Kier alpha value is -1.95. The van der Waals surface area contributed by atoms with E-state index in [4.69, 9.17) is 0 Å². The van der Waals surface area contributed by atoms with E-state index in [0.29, 0.717) is 5.56 Å². The molecule has 1 heterocycles. The van der Waals surface area contributed by atoms with Crippen molar-refractivity contribution in [3.8, 4) is 0 Å². The number of aliphatic hydroxyl groups is 1. The summed E-state index contributed by atoms with van der Waals surface area (Å²) in [4.78, 5) is 0.246. The maximum Gasteiger partial charge on any atom is 0.243 e. The summed E-state index contributed by atoms with van der Waals surface area (Å²) in [6.07, 6.45) is 0. The van der Waals surface area contributed by atoms with Gasteiger partial charge in [0.25, 0.3) is 0 Å². The van der Waals surface area contributed by atoms with Crippen LogP contribution in [0.4, 0.5) is 0 Å². The van der Waals surface area contributed by atoms with Crippen molar-refractivity contribution < 1.29 is 13.5 Å². The SMILES string of the molecule is C=C(C)[C@H]1CN(S(=O)(=O)c2ccc(C)cc2)C[C@]1(O)c1ccccc1. The molecule has 1 aliphatic heterocycles. The predicted octanol–water partition coefficient (Wildman–Crippen LogP) is 3.08. The fraction of sp³-hybridized carbons (Fsp3) is 0.300. The number of hydrogen-bond donors (Lipinski definition) is 1. The standard InChI is InChI=1S/C20H23NO3S/c1-15(2)19-13-21(14-20(19,22)17-7-5-4-6-8-17)25(23,24)18-11-9-16(3)10-12-18/h4-12,19,22H,1,13-14H2,2-3H3/t19-,20+/m1/s1. The highest BCUT2D eigenvalue weighted by Gasteiger charge is 2.50. The van der Waals surface area contributed by atoms with Crippen molar-refractivity contribution in [3.05, 3.63) is 77.9 Å². The average molecular weight is 357 g/mol. The summed E-state index contributed by atoms with van der Waals surface area (Å²) in [5.74, 6) is -0.352. The van der Waals surface area contributed by atoms with Crippen molar-refractivity contribution in [2.75, 3.05) is 13.1 Å². The molecule has 0 unspecified atom stereocenters. The van der Waals surface area contributed by atoms with Crippen molar-refractivity contribution in [1.29, 1.82) is 0 Å². The highest BCUT2D eigenvalue weighted by molar-refractivity contribution is 7.89. The number of benzene rings is 2. The molecular weight excluding hydrogens is 334 g/mol. The third-order valence-corrected chi connectivity index (χ3v) is 6.73. The van der Waals surface area contributed by atoms with E-state index >= 15 is 0 Å². The molecule has 4 nitrogen and oxygen atoms in total. The molecule has 0 spiro atoms. The zero-order chi connectivity index (χ0) is 18.2. The van der Waals surface area contributed by atoms with Crippen molar-refractivity contribution >= 4 is 10.0 Å². The van der Waals surface area contributed by atoms with Crippen LogP contribution >= 0.6 is 0 Å². The first-order valence-corrected chi connectivity index (χ1v) is 9.69. The molecule has 0 bridgehead atoms. The third kappa shape index (κ3) is 3.15. The molecule has 1 fully saturated rings. The summed E-state index contributed by atoms with van der Waals surface area (Å²) in [6, 6.07) is 16.0. The van der Waals surface area contributed by atoms with Crippen molar-refractivity contribution in [2.24, 2.45) is 5.92 Å². The Morgan fingerprint density at radius 2 is 1.76 bits per heavy atom. The lowest BCUT2D eigenvalue weighted by atomic mass is 9.80. The van der Waals surface area contributed by atoms with E-state index in [-0.39, 0.29) is 23.9 Å². The zero-order valence-electron chi connectivity index (χ0n) is 14.5. The maximum absolute atomic E-state index is 13.0. The third-order valence-electron chi connectivity index (χ3n) is 4.91. The number of aryl methyl sites for hydroxylation is 1. The van der Waals surface area contributed by atoms with Crippen LogP contribution in [0.1, 0.15) is 18.1 Å². The van der Waals surface area contributed by atoms with Crippen LogP contribution in [0.2, 0.25) is 0 Å². The molecule has 2 aromatic carbocycles. The summed E-state index contributed by atoms with van der Waals surface area (Å²) in [5.41, 5.74) is 1.21. The Balaban J connectivity index is 2.00. The second kappa shape index (κ2) is 6.41. The van der Waals surface area contributed by atoms with E-state index in [2.05, 4.69) is 6.58 Å². The van der Waals surface area contributed by atoms with Crippen LogP contribution in [-0.4, -0.2) is 30.9 Å². The molecule has 0 amide bonds. The monoisotopic (exact) mass is 357 g/mol. The van der Waals surface area contributed by atoms with E-state index in [0.717, 1.165) is 11.1 Å². The maximum atomic E-state index is 13.0. The lowest BCUT2D eigenvalue weighted by molar-refractivity contribution is 0.0229. The summed E-state index contributed by atoms with van der Waals surface area (Å²) in [6.45, 7) is 7.96. The summed E-state index contributed by atoms with van der Waals surface area (Å²) < 4.78 is 27.4. The quantitative estimate of drug-likeness (QED) is 0.856. The van der Waals surface area contributed by atoms with Crippen LogP contribution in [0.3, 0.4) is 0 Å². The smallest absolute Gasteiger partial charge is 0.243 e. The van der Waals surface area contributed by atoms with Crippen LogP contribution in [0.15, 0.2) is 71.6 Å². The summed E-state index contributed by atoms with van der Waals surface area (Å²) in [5, 5.41) is 11.4. The van der Waals surface area contributed by atoms with Crippen LogP contribution < -0.4 is 0 Å². The van der Waals surface area contributed by atoms with Gasteiger partial charge in [0.2, 0.25) is 10.0 Å². The topological polar surface area (TPSA) is 57.6 Å². The molecule has 3 rings (SSSR count). The van der Waals surface area contributed by atoms with Crippen molar-refractivity contribution in [2.45, 2.75) is 24.3 Å². The molecule has 132 valence electrons. The van der Waals surface area contributed by atoms with Gasteiger partial charge in [0.05, 0.1) is 4.90 Å². The van der Waals surface area contributed by atoms with Gasteiger partial charge in [-0.2, -0.15) is 4.31 Å². The van der Waals surface area contributed by atoms with Crippen LogP contribution in [0, 0.1) is 12.8 Å². The first-order valence-electron chi connectivity index (χ1n) is 8.25. The van der Waals surface area contributed by atoms with Gasteiger partial charge in [-0.05, 0) is 31.5 Å². The average Bonchev–Trinajstić information content (AvgIpc) is 2.96. The second-order valence-corrected chi connectivity index (χ2v) is 8.74. The zero-order valence-corrected chi connectivity index (χ0v) is 15.3. The molecule has 5 heteroatoms. The van der Waals surface area contributed by atoms with Crippen LogP contribution in [0.5, 0.6) is 0 Å². The van der Waals surface area contributed by atoms with Gasteiger partial charge in [-0.25, -0.2) is 8.42 Å². The Morgan fingerprint density at radius 3 is 2.32 bits per heavy atom. The van der Waals surface area contributed by atoms with Gasteiger partial charge in [-0.15, -0.1) is 0 Å². The molecule has 0 aromatic heterocycles. The summed E-state index contributed by atoms with van der Waals surface area (Å²) >= 11 is 0. The van der Waals surface area contributed by atoms with Crippen molar-refractivity contribution in [1.82, 2.24) is 4.31 Å². The van der Waals surface area contributed by atoms with Crippen LogP contribution in [-0.2, 0) is 15.6 Å². The van der Waals surface area contributed by atoms with E-state index < -0.39 is 15.6 Å². The minimum atomic E-state index is -3.67. The number of β-amino-alcohol motifs (C(OH)–C–C–N with tert-alkyl or cyclic N) is 1. The molecule has 2 aromatic rings. The van der Waals surface area contributed by atoms with Gasteiger partial charge in [0, 0.05) is 19.0 Å². The number of nitrogens with zero attached hydrogens (tertiary/aromatic N) is 1. The molecule has 1 N–H and O–H groups in total. The van der Waals surface area contributed by atoms with Gasteiger partial charge >= 0.3 is 0 Å². The molecule has 0 saturated carbocycles. The van der Waals surface area contributed by atoms with Gasteiger partial charge in [-0.1, -0.05) is 60.2 Å². The molecule has 1 saturated heterocycles. The highest BCUT2D eigenvalue weighted by atomic mass is 32.2. The number of sulfonamides is 1. The van der Waals surface area contributed by atoms with Crippen molar-refractivity contribution in [3.63, 3.8) is 0 Å². The van der Waals surface area contributed by atoms with Gasteiger partial charge in [-0.3, -0.25) is 0 Å². The molecular formula is C20H23NO3S. The summed E-state index contributed by atoms with van der Waals surface area (Å²) in [7, 11) is -3.67. The van der Waals surface area contributed by atoms with E-state index in [9.17, 15) is 13.5 Å². The molecule has 1 aliphatic rings. The van der Waals surface area contributed by atoms with Crippen LogP contribution in [0.25, 0.3) is 0 Å². The molecule has 0 aliphatic carbocycles. The second-order valence-electron chi connectivity index (χ2n) is 6.80. The van der Waals surface area contributed by atoms with E-state index in [1.807, 2.05) is 44.2 Å². The Bertz CT molecular complexity index is 875. The minimum Gasteiger partial charge on any atom is -0.383 e. The Kier molecular flexibility index (Phi) is 4.58. The fourth-order valence-electron chi connectivity index (χ4n) is 3.42. The largest absolute Gasteiger partial charge is 0.383 e. The molecule has 0 radical (unpaired) electrons. The lowest BCUT2D eigenvalue weighted by Gasteiger charge is -2.30. The number of rotatable bonds is 4. The molecule has 25 heavy (non-hydrogen) atoms. The minimum absolute atomic E-state index is 0.0186. The van der Waals surface area contributed by atoms with Gasteiger partial charge < -0.3 is 5.11 Å². The first kappa shape index (κ1) is 17.9. The van der Waals surface area contributed by atoms with E-state index in [1.54, 1.807) is 24.3 Å². The Morgan fingerprint density at radius 1 is 1.16 bits per heavy atom. The first-order chi connectivity index (χ1) is 11.7. The fourth-order valence-corrected chi connectivity index (χ4v) is 4.91. The normalized spacial score (nSPS) is 24.4. The highest BCUT2D eigenvalue weighted by Crippen LogP contribution is 2.42. The predicted molar refractivity (Wildman–Crippen MR) is 98.6 cm³/mol. The van der Waals surface area contributed by atoms with E-state index in [1.165, 1.54) is 4.31 Å². The molecule has 2 atom stereocenters. The van der Waals surface area contributed by atoms with Gasteiger partial charge in [0.1, 0.15) is 5.60 Å². The lowest BCUT2D eigenvalue weighted by Crippen LogP contribution is -2.36.